The summed E-state index contributed by atoms with van der Waals surface area (Å²) in [4.78, 5) is 21.8. The van der Waals surface area contributed by atoms with Gasteiger partial charge in [-0.25, -0.2) is 9.97 Å². The third-order valence-electron chi connectivity index (χ3n) is 4.21. The van der Waals surface area contributed by atoms with Gasteiger partial charge in [-0.15, -0.1) is 11.3 Å². The molecule has 0 radical (unpaired) electrons. The van der Waals surface area contributed by atoms with Gasteiger partial charge in [-0.1, -0.05) is 25.1 Å². The number of hydrogen-bond acceptors (Lipinski definition) is 5. The molecule has 0 atom stereocenters. The molecule has 6 nitrogen and oxygen atoms in total. The van der Waals surface area contributed by atoms with Crippen LogP contribution in [0.3, 0.4) is 0 Å². The van der Waals surface area contributed by atoms with Gasteiger partial charge in [0.2, 0.25) is 5.91 Å². The number of carbonyl (C=O) groups is 1. The van der Waals surface area contributed by atoms with Crippen molar-refractivity contribution >= 4 is 34.0 Å². The van der Waals surface area contributed by atoms with Crippen molar-refractivity contribution in [2.45, 2.75) is 19.9 Å². The van der Waals surface area contributed by atoms with Gasteiger partial charge < -0.3 is 14.6 Å². The lowest BCUT2D eigenvalue weighted by molar-refractivity contribution is -0.116. The lowest BCUT2D eigenvalue weighted by Crippen LogP contribution is -2.19. The van der Waals surface area contributed by atoms with Crippen LogP contribution in [0.1, 0.15) is 13.3 Å². The third-order valence-corrected chi connectivity index (χ3v) is 4.79. The summed E-state index contributed by atoms with van der Waals surface area (Å²) in [5, 5.41) is 4.88. The molecule has 4 aromatic rings. The number of anilines is 1. The average molecular weight is 392 g/mol. The van der Waals surface area contributed by atoms with Crippen molar-refractivity contribution in [1.29, 1.82) is 0 Å². The molecule has 4 rings (SSSR count). The Kier molecular flexibility index (Phi) is 5.34. The summed E-state index contributed by atoms with van der Waals surface area (Å²) < 4.78 is 7.54. The average Bonchev–Trinajstić information content (AvgIpc) is 3.35. The summed E-state index contributed by atoms with van der Waals surface area (Å²) in [6.45, 7) is 2.85. The summed E-state index contributed by atoms with van der Waals surface area (Å²) in [6.07, 6.45) is 0.934. The molecule has 0 aliphatic carbocycles. The minimum absolute atomic E-state index is 0.132. The first-order valence-electron chi connectivity index (χ1n) is 9.11. The van der Waals surface area contributed by atoms with Gasteiger partial charge in [-0.05, 0) is 30.7 Å². The van der Waals surface area contributed by atoms with Crippen molar-refractivity contribution in [2.24, 2.45) is 0 Å². The second kappa shape index (κ2) is 8.22. The number of imidazole rings is 1. The van der Waals surface area contributed by atoms with Crippen LogP contribution in [0.15, 0.2) is 59.4 Å². The number of amides is 1. The van der Waals surface area contributed by atoms with E-state index in [1.807, 2.05) is 58.5 Å². The second-order valence-electron chi connectivity index (χ2n) is 6.31. The molecule has 2 heterocycles. The molecule has 28 heavy (non-hydrogen) atoms. The Morgan fingerprint density at radius 2 is 2.11 bits per heavy atom. The van der Waals surface area contributed by atoms with Crippen LogP contribution < -0.4 is 10.1 Å². The fraction of sp³-hybridized carbons (Fsp3) is 0.190. The highest BCUT2D eigenvalue weighted by Gasteiger charge is 2.16. The van der Waals surface area contributed by atoms with Crippen molar-refractivity contribution < 1.29 is 9.53 Å². The number of rotatable bonds is 7. The smallest absolute Gasteiger partial charge is 0.244 e. The molecule has 1 N–H and O–H groups in total. The lowest BCUT2D eigenvalue weighted by atomic mass is 10.3. The number of nitrogens with zero attached hydrogens (tertiary/aromatic N) is 3. The molecule has 2 aromatic carbocycles. The number of ether oxygens (including phenoxy) is 1. The fourth-order valence-electron chi connectivity index (χ4n) is 2.98. The first-order chi connectivity index (χ1) is 13.7. The van der Waals surface area contributed by atoms with Gasteiger partial charge >= 0.3 is 0 Å². The van der Waals surface area contributed by atoms with Gasteiger partial charge in [0.05, 0.1) is 23.2 Å². The highest BCUT2D eigenvalue weighted by atomic mass is 32.1. The Morgan fingerprint density at radius 3 is 2.93 bits per heavy atom. The topological polar surface area (TPSA) is 69.0 Å². The van der Waals surface area contributed by atoms with E-state index >= 15 is 0 Å². The predicted octanol–water partition coefficient (Wildman–Crippen LogP) is 4.59. The van der Waals surface area contributed by atoms with Crippen LogP contribution >= 0.6 is 11.3 Å². The molecular formula is C21H20N4O2S. The van der Waals surface area contributed by atoms with Crippen LogP contribution in [0.5, 0.6) is 5.75 Å². The van der Waals surface area contributed by atoms with Crippen molar-refractivity contribution in [1.82, 2.24) is 14.5 Å². The van der Waals surface area contributed by atoms with Crippen LogP contribution in [-0.2, 0) is 11.3 Å². The maximum Gasteiger partial charge on any atom is 0.244 e. The largest absolute Gasteiger partial charge is 0.494 e. The van der Waals surface area contributed by atoms with E-state index in [9.17, 15) is 4.79 Å². The van der Waals surface area contributed by atoms with Gasteiger partial charge in [0, 0.05) is 17.1 Å². The molecule has 0 bridgehead atoms. The molecule has 1 amide bonds. The number of fused-ring (bicyclic) bond motifs is 1. The highest BCUT2D eigenvalue weighted by molar-refractivity contribution is 7.07. The van der Waals surface area contributed by atoms with Crippen molar-refractivity contribution in [2.75, 3.05) is 11.9 Å². The predicted molar refractivity (Wildman–Crippen MR) is 112 cm³/mol. The molecule has 142 valence electrons. The Hall–Kier alpha value is -3.19. The Labute approximate surface area is 166 Å². The summed E-state index contributed by atoms with van der Waals surface area (Å²) in [5.74, 6) is 1.31. The van der Waals surface area contributed by atoms with Gasteiger partial charge in [-0.2, -0.15) is 0 Å². The van der Waals surface area contributed by atoms with Gasteiger partial charge in [0.25, 0.3) is 0 Å². The first kappa shape index (κ1) is 18.2. The number of benzene rings is 2. The third kappa shape index (κ3) is 3.89. The van der Waals surface area contributed by atoms with E-state index in [0.717, 1.165) is 28.9 Å². The minimum Gasteiger partial charge on any atom is -0.494 e. The summed E-state index contributed by atoms with van der Waals surface area (Å²) in [5.41, 5.74) is 4.98. The van der Waals surface area contributed by atoms with Gasteiger partial charge in [0.15, 0.2) is 5.82 Å². The molecule has 0 saturated carbocycles. The molecule has 0 spiro atoms. The quantitative estimate of drug-likeness (QED) is 0.499. The van der Waals surface area contributed by atoms with E-state index in [0.29, 0.717) is 18.1 Å². The number of aromatic nitrogens is 3. The van der Waals surface area contributed by atoms with E-state index in [1.54, 1.807) is 5.51 Å². The zero-order valence-electron chi connectivity index (χ0n) is 15.5. The number of thiazole rings is 1. The first-order valence-corrected chi connectivity index (χ1v) is 10.1. The normalized spacial score (nSPS) is 10.9. The zero-order valence-corrected chi connectivity index (χ0v) is 16.3. The minimum atomic E-state index is -0.132. The summed E-state index contributed by atoms with van der Waals surface area (Å²) in [6, 6.07) is 15.2. The van der Waals surface area contributed by atoms with E-state index in [1.165, 1.54) is 11.3 Å². The molecule has 0 aliphatic heterocycles. The highest BCUT2D eigenvalue weighted by Crippen LogP contribution is 2.25. The van der Waals surface area contributed by atoms with E-state index in [-0.39, 0.29) is 12.5 Å². The van der Waals surface area contributed by atoms with Crippen LogP contribution in [0, 0.1) is 0 Å². The van der Waals surface area contributed by atoms with E-state index in [4.69, 9.17) is 4.74 Å². The number of hydrogen-bond donors (Lipinski definition) is 1. The Morgan fingerprint density at radius 1 is 1.21 bits per heavy atom. The second-order valence-corrected chi connectivity index (χ2v) is 7.03. The van der Waals surface area contributed by atoms with Crippen molar-refractivity contribution in [3.05, 3.63) is 59.4 Å². The van der Waals surface area contributed by atoms with Crippen molar-refractivity contribution in [3.63, 3.8) is 0 Å². The Bertz CT molecular complexity index is 1090. The van der Waals surface area contributed by atoms with Crippen LogP contribution in [-0.4, -0.2) is 27.0 Å². The van der Waals surface area contributed by atoms with Crippen LogP contribution in [0.25, 0.3) is 22.6 Å². The zero-order chi connectivity index (χ0) is 19.3. The molecule has 2 aromatic heterocycles. The maximum absolute atomic E-state index is 12.8. The molecule has 0 saturated heterocycles. The molecule has 0 unspecified atom stereocenters. The van der Waals surface area contributed by atoms with Crippen LogP contribution in [0.2, 0.25) is 0 Å². The van der Waals surface area contributed by atoms with E-state index in [2.05, 4.69) is 22.2 Å². The molecule has 7 heteroatoms. The summed E-state index contributed by atoms with van der Waals surface area (Å²) in [7, 11) is 0. The fourth-order valence-corrected chi connectivity index (χ4v) is 3.51. The molecular weight excluding hydrogens is 372 g/mol. The van der Waals surface area contributed by atoms with Gasteiger partial charge in [0.1, 0.15) is 18.0 Å². The van der Waals surface area contributed by atoms with Crippen molar-refractivity contribution in [3.8, 4) is 17.3 Å². The standard InChI is InChI=1S/C21H20N4O2S/c1-2-10-27-16-7-5-6-15(11-16)23-20(26)12-25-19-9-4-3-8-17(19)24-21(25)18-13-28-14-22-18/h3-9,11,13-14H,2,10,12H2,1H3,(H,23,26). The molecule has 0 aliphatic rings. The SMILES string of the molecule is CCCOc1cccc(NC(=O)Cn2c(-c3cscn3)nc3ccccc32)c1. The maximum atomic E-state index is 12.8. The lowest BCUT2D eigenvalue weighted by Gasteiger charge is -2.11. The van der Waals surface area contributed by atoms with Gasteiger partial charge in [-0.3, -0.25) is 4.79 Å². The number of carbonyl (C=O) groups excluding carboxylic acids is 1. The molecule has 0 fully saturated rings. The monoisotopic (exact) mass is 392 g/mol. The summed E-state index contributed by atoms with van der Waals surface area (Å²) >= 11 is 1.50. The number of nitrogens with one attached hydrogen (secondary N) is 1. The van der Waals surface area contributed by atoms with Crippen LogP contribution in [0.4, 0.5) is 5.69 Å². The Balaban J connectivity index is 1.58. The van der Waals surface area contributed by atoms with E-state index < -0.39 is 0 Å². The number of para-hydroxylation sites is 2.